The van der Waals surface area contributed by atoms with Crippen molar-refractivity contribution in [2.75, 3.05) is 13.1 Å². The van der Waals surface area contributed by atoms with Gasteiger partial charge in [0.1, 0.15) is 5.69 Å². The van der Waals surface area contributed by atoms with Crippen LogP contribution in [0.3, 0.4) is 0 Å². The molecule has 1 aliphatic heterocycles. The van der Waals surface area contributed by atoms with Crippen LogP contribution in [0.2, 0.25) is 0 Å². The van der Waals surface area contributed by atoms with Crippen molar-refractivity contribution in [3.63, 3.8) is 0 Å². The predicted molar refractivity (Wildman–Crippen MR) is 98.4 cm³/mol. The lowest BCUT2D eigenvalue weighted by Crippen LogP contribution is -2.32. The Morgan fingerprint density at radius 1 is 1.20 bits per heavy atom. The lowest BCUT2D eigenvalue weighted by Gasteiger charge is -2.30. The van der Waals surface area contributed by atoms with Crippen LogP contribution in [-0.2, 0) is 6.54 Å². The van der Waals surface area contributed by atoms with Gasteiger partial charge in [-0.15, -0.1) is 0 Å². The van der Waals surface area contributed by atoms with Crippen molar-refractivity contribution in [2.24, 2.45) is 5.92 Å². The van der Waals surface area contributed by atoms with Gasteiger partial charge in [-0.2, -0.15) is 5.10 Å². The summed E-state index contributed by atoms with van der Waals surface area (Å²) in [6, 6.07) is 8.17. The first-order valence-electron chi connectivity index (χ1n) is 8.83. The number of hydrogen-bond donors (Lipinski definition) is 1. The molecule has 5 heteroatoms. The fourth-order valence-corrected chi connectivity index (χ4v) is 3.51. The van der Waals surface area contributed by atoms with Gasteiger partial charge < -0.3 is 0 Å². The van der Waals surface area contributed by atoms with E-state index < -0.39 is 0 Å². The number of piperidine rings is 1. The van der Waals surface area contributed by atoms with Crippen molar-refractivity contribution >= 4 is 17.2 Å². The van der Waals surface area contributed by atoms with E-state index in [1.54, 1.807) is 0 Å². The minimum absolute atomic E-state index is 0.517. The minimum atomic E-state index is 0.517. The zero-order valence-corrected chi connectivity index (χ0v) is 14.4. The average Bonchev–Trinajstić information content (AvgIpc) is 3.06. The maximum Gasteiger partial charge on any atom is 0.168 e. The molecule has 3 aromatic rings. The van der Waals surface area contributed by atoms with Crippen LogP contribution in [0.4, 0.5) is 0 Å². The van der Waals surface area contributed by atoms with E-state index in [0.29, 0.717) is 5.69 Å². The first kappa shape index (κ1) is 16.0. The summed E-state index contributed by atoms with van der Waals surface area (Å²) in [4.78, 5) is 18.1. The molecule has 0 spiro atoms. The number of likely N-dealkylation sites (tertiary alicyclic amines) is 1. The second-order valence-electron chi connectivity index (χ2n) is 7.03. The number of nitrogens with one attached hydrogen (secondary N) is 1. The number of aldehydes is 1. The highest BCUT2D eigenvalue weighted by atomic mass is 16.1. The smallest absolute Gasteiger partial charge is 0.168 e. The van der Waals surface area contributed by atoms with Crippen molar-refractivity contribution in [1.82, 2.24) is 20.1 Å². The molecule has 1 N–H and O–H groups in total. The van der Waals surface area contributed by atoms with Crippen molar-refractivity contribution in [3.8, 4) is 11.1 Å². The fraction of sp³-hybridized carbons (Fsp3) is 0.350. The van der Waals surface area contributed by atoms with Gasteiger partial charge in [-0.05, 0) is 61.2 Å². The van der Waals surface area contributed by atoms with E-state index in [4.69, 9.17) is 0 Å². The van der Waals surface area contributed by atoms with E-state index in [0.717, 1.165) is 53.9 Å². The van der Waals surface area contributed by atoms with Crippen molar-refractivity contribution in [2.45, 2.75) is 26.3 Å². The maximum atomic E-state index is 11.1. The van der Waals surface area contributed by atoms with Crippen LogP contribution in [0.25, 0.3) is 22.0 Å². The molecule has 5 nitrogen and oxygen atoms in total. The van der Waals surface area contributed by atoms with E-state index >= 15 is 0 Å². The van der Waals surface area contributed by atoms with Gasteiger partial charge in [0.15, 0.2) is 6.29 Å². The highest BCUT2D eigenvalue weighted by Gasteiger charge is 2.16. The lowest BCUT2D eigenvalue weighted by atomic mass is 9.98. The van der Waals surface area contributed by atoms with Crippen LogP contribution in [0.1, 0.15) is 35.8 Å². The molecule has 0 amide bonds. The molecule has 25 heavy (non-hydrogen) atoms. The summed E-state index contributed by atoms with van der Waals surface area (Å²) in [6.07, 6.45) is 7.20. The lowest BCUT2D eigenvalue weighted by molar-refractivity contribution is 0.112. The Morgan fingerprint density at radius 3 is 2.84 bits per heavy atom. The molecule has 0 aliphatic carbocycles. The SMILES string of the molecule is CC1CCN(Cc2cncc(-c3ccc4n[nH]c(C=O)c4c3)c2)CC1. The molecule has 0 bridgehead atoms. The predicted octanol–water partition coefficient (Wildman–Crippen LogP) is 3.67. The third kappa shape index (κ3) is 3.33. The van der Waals surface area contributed by atoms with Gasteiger partial charge >= 0.3 is 0 Å². The molecule has 128 valence electrons. The molecule has 2 aromatic heterocycles. The number of aromatic nitrogens is 3. The third-order valence-corrected chi connectivity index (χ3v) is 5.11. The highest BCUT2D eigenvalue weighted by molar-refractivity contribution is 5.96. The van der Waals surface area contributed by atoms with Crippen LogP contribution in [0.5, 0.6) is 0 Å². The van der Waals surface area contributed by atoms with Gasteiger partial charge in [0.05, 0.1) is 5.52 Å². The number of H-pyrrole nitrogens is 1. The van der Waals surface area contributed by atoms with Crippen LogP contribution in [-0.4, -0.2) is 39.5 Å². The molecular weight excluding hydrogens is 312 g/mol. The number of aromatic amines is 1. The molecule has 0 unspecified atom stereocenters. The first-order valence-corrected chi connectivity index (χ1v) is 8.83. The highest BCUT2D eigenvalue weighted by Crippen LogP contribution is 2.26. The molecule has 1 saturated heterocycles. The van der Waals surface area contributed by atoms with Gasteiger partial charge in [-0.25, -0.2) is 0 Å². The first-order chi connectivity index (χ1) is 12.2. The standard InChI is InChI=1S/C20H22N4O/c1-14-4-6-24(7-5-14)12-15-8-17(11-21-10-15)16-2-3-19-18(9-16)20(13-25)23-22-19/h2-3,8-11,13-14H,4-7,12H2,1H3,(H,22,23). The number of pyridine rings is 1. The maximum absolute atomic E-state index is 11.1. The number of carbonyl (C=O) groups excluding carboxylic acids is 1. The van der Waals surface area contributed by atoms with Crippen LogP contribution in [0, 0.1) is 5.92 Å². The Labute approximate surface area is 147 Å². The molecule has 0 atom stereocenters. The molecular formula is C20H22N4O. The fourth-order valence-electron chi connectivity index (χ4n) is 3.51. The van der Waals surface area contributed by atoms with Crippen LogP contribution >= 0.6 is 0 Å². The second kappa shape index (κ2) is 6.76. The minimum Gasteiger partial charge on any atom is -0.299 e. The quantitative estimate of drug-likeness (QED) is 0.740. The summed E-state index contributed by atoms with van der Waals surface area (Å²) in [7, 11) is 0. The van der Waals surface area contributed by atoms with E-state index in [1.807, 2.05) is 30.6 Å². The van der Waals surface area contributed by atoms with Gasteiger partial charge in [0.2, 0.25) is 0 Å². The van der Waals surface area contributed by atoms with E-state index in [1.165, 1.54) is 18.4 Å². The van der Waals surface area contributed by atoms with Crippen LogP contribution in [0.15, 0.2) is 36.7 Å². The summed E-state index contributed by atoms with van der Waals surface area (Å²) in [5.41, 5.74) is 4.68. The average molecular weight is 334 g/mol. The van der Waals surface area contributed by atoms with Crippen molar-refractivity contribution in [1.29, 1.82) is 0 Å². The van der Waals surface area contributed by atoms with Gasteiger partial charge in [0, 0.05) is 29.9 Å². The van der Waals surface area contributed by atoms with Gasteiger partial charge in [-0.1, -0.05) is 13.0 Å². The van der Waals surface area contributed by atoms with E-state index in [2.05, 4.69) is 33.1 Å². The topological polar surface area (TPSA) is 61.9 Å². The zero-order chi connectivity index (χ0) is 17.2. The Bertz CT molecular complexity index is 894. The molecule has 0 radical (unpaired) electrons. The summed E-state index contributed by atoms with van der Waals surface area (Å²) in [6.45, 7) is 5.60. The third-order valence-electron chi connectivity index (χ3n) is 5.11. The summed E-state index contributed by atoms with van der Waals surface area (Å²) >= 11 is 0. The normalized spacial score (nSPS) is 16.4. The molecule has 3 heterocycles. The Kier molecular flexibility index (Phi) is 4.32. The second-order valence-corrected chi connectivity index (χ2v) is 7.03. The van der Waals surface area contributed by atoms with Gasteiger partial charge in [0.25, 0.3) is 0 Å². The van der Waals surface area contributed by atoms with Crippen molar-refractivity contribution in [3.05, 3.63) is 47.9 Å². The molecule has 1 fully saturated rings. The Morgan fingerprint density at radius 2 is 2.04 bits per heavy atom. The van der Waals surface area contributed by atoms with E-state index in [9.17, 15) is 4.79 Å². The number of benzene rings is 1. The monoisotopic (exact) mass is 334 g/mol. The summed E-state index contributed by atoms with van der Waals surface area (Å²) < 4.78 is 0. The number of rotatable bonds is 4. The summed E-state index contributed by atoms with van der Waals surface area (Å²) in [5, 5.41) is 7.77. The number of hydrogen-bond acceptors (Lipinski definition) is 4. The molecule has 4 rings (SSSR count). The number of carbonyl (C=O) groups is 1. The molecule has 1 aliphatic rings. The summed E-state index contributed by atoms with van der Waals surface area (Å²) in [5.74, 6) is 0.842. The van der Waals surface area contributed by atoms with E-state index in [-0.39, 0.29) is 0 Å². The number of nitrogens with zero attached hydrogens (tertiary/aromatic N) is 3. The van der Waals surface area contributed by atoms with Crippen LogP contribution < -0.4 is 0 Å². The molecule has 1 aromatic carbocycles. The Hall–Kier alpha value is -2.53. The molecule has 0 saturated carbocycles. The largest absolute Gasteiger partial charge is 0.299 e. The van der Waals surface area contributed by atoms with Crippen molar-refractivity contribution < 1.29 is 4.79 Å². The Balaban J connectivity index is 1.59. The zero-order valence-electron chi connectivity index (χ0n) is 14.4. The number of fused-ring (bicyclic) bond motifs is 1. The van der Waals surface area contributed by atoms with Gasteiger partial charge in [-0.3, -0.25) is 19.8 Å².